The summed E-state index contributed by atoms with van der Waals surface area (Å²) in [4.78, 5) is 14.8. The zero-order valence-electron chi connectivity index (χ0n) is 12.0. The average molecular weight is 284 g/mol. The lowest BCUT2D eigenvalue weighted by Gasteiger charge is -2.36. The Hall–Kier alpha value is -0.980. The molecule has 0 N–H and O–H groups in total. The number of amides is 1. The molecule has 1 aliphatic heterocycles. The van der Waals surface area contributed by atoms with Crippen LogP contribution in [0.5, 0.6) is 0 Å². The van der Waals surface area contributed by atoms with E-state index in [1.165, 1.54) is 4.90 Å². The molecule has 0 radical (unpaired) electrons. The minimum Gasteiger partial charge on any atom is -0.440 e. The first-order valence-corrected chi connectivity index (χ1v) is 6.52. The van der Waals surface area contributed by atoms with Gasteiger partial charge in [-0.05, 0) is 13.8 Å². The van der Waals surface area contributed by atoms with Crippen LogP contribution in [0.2, 0.25) is 0 Å². The second kappa shape index (κ2) is 8.24. The molecule has 0 aliphatic carbocycles. The molecule has 0 aromatic rings. The maximum absolute atomic E-state index is 11.8. The molecule has 1 rings (SSSR count). The van der Waals surface area contributed by atoms with Gasteiger partial charge in [-0.25, -0.2) is 4.79 Å². The van der Waals surface area contributed by atoms with E-state index in [9.17, 15) is 18.0 Å². The standard InChI is InChI=1S/C10H17F3N2O2.C2H6/c1-8(2)14-3-5-15(6-4-14)9(16)17-7-10(11,12)13;1-2/h8H,3-7H2,1-2H3;1-2H3. The average Bonchev–Trinajstić information content (AvgIpc) is 2.37. The van der Waals surface area contributed by atoms with Crippen LogP contribution in [0.15, 0.2) is 0 Å². The van der Waals surface area contributed by atoms with Crippen LogP contribution < -0.4 is 0 Å². The molecule has 0 aromatic heterocycles. The number of carbonyl (C=O) groups is 1. The maximum Gasteiger partial charge on any atom is 0.422 e. The van der Waals surface area contributed by atoms with Crippen LogP contribution in [-0.2, 0) is 4.74 Å². The van der Waals surface area contributed by atoms with Crippen LogP contribution in [0.4, 0.5) is 18.0 Å². The summed E-state index contributed by atoms with van der Waals surface area (Å²) in [6, 6.07) is 0.378. The van der Waals surface area contributed by atoms with E-state index in [1.807, 2.05) is 27.7 Å². The zero-order valence-corrected chi connectivity index (χ0v) is 12.0. The van der Waals surface area contributed by atoms with Crippen LogP contribution in [0.3, 0.4) is 0 Å². The summed E-state index contributed by atoms with van der Waals surface area (Å²) in [5.74, 6) is 0. The Labute approximate surface area is 112 Å². The molecule has 4 nitrogen and oxygen atoms in total. The van der Waals surface area contributed by atoms with Gasteiger partial charge in [-0.1, -0.05) is 13.8 Å². The second-order valence-electron chi connectivity index (χ2n) is 4.29. The Morgan fingerprint density at radius 2 is 1.63 bits per heavy atom. The fourth-order valence-corrected chi connectivity index (χ4v) is 1.66. The monoisotopic (exact) mass is 284 g/mol. The number of halogens is 3. The topological polar surface area (TPSA) is 32.8 Å². The summed E-state index contributed by atoms with van der Waals surface area (Å²) in [5, 5.41) is 0. The van der Waals surface area contributed by atoms with Crippen LogP contribution in [0.1, 0.15) is 27.7 Å². The molecule has 0 unspecified atom stereocenters. The number of carbonyl (C=O) groups excluding carboxylic acids is 1. The molecule has 114 valence electrons. The molecule has 1 heterocycles. The summed E-state index contributed by atoms with van der Waals surface area (Å²) >= 11 is 0. The molecule has 1 aliphatic rings. The van der Waals surface area contributed by atoms with Crippen molar-refractivity contribution in [1.29, 1.82) is 0 Å². The van der Waals surface area contributed by atoms with Crippen LogP contribution in [-0.4, -0.2) is 60.9 Å². The molecule has 7 heteroatoms. The van der Waals surface area contributed by atoms with E-state index in [2.05, 4.69) is 9.64 Å². The SMILES string of the molecule is CC.CC(C)N1CCN(C(=O)OCC(F)(F)F)CC1. The lowest BCUT2D eigenvalue weighted by molar-refractivity contribution is -0.162. The minimum atomic E-state index is -4.46. The fourth-order valence-electron chi connectivity index (χ4n) is 1.66. The number of nitrogens with zero attached hydrogens (tertiary/aromatic N) is 2. The van der Waals surface area contributed by atoms with Gasteiger partial charge in [0.25, 0.3) is 0 Å². The molecule has 0 bridgehead atoms. The Kier molecular flexibility index (Phi) is 7.82. The molecule has 1 fully saturated rings. The molecular formula is C12H23F3N2O2. The molecule has 0 atom stereocenters. The Morgan fingerprint density at radius 3 is 2.00 bits per heavy atom. The Balaban J connectivity index is 0.00000154. The van der Waals surface area contributed by atoms with Gasteiger partial charge < -0.3 is 9.64 Å². The van der Waals surface area contributed by atoms with Gasteiger partial charge >= 0.3 is 12.3 Å². The largest absolute Gasteiger partial charge is 0.440 e. The van der Waals surface area contributed by atoms with E-state index in [4.69, 9.17) is 0 Å². The van der Waals surface area contributed by atoms with Gasteiger partial charge in [-0.15, -0.1) is 0 Å². The van der Waals surface area contributed by atoms with Crippen molar-refractivity contribution in [3.63, 3.8) is 0 Å². The van der Waals surface area contributed by atoms with E-state index >= 15 is 0 Å². The maximum atomic E-state index is 11.8. The van der Waals surface area contributed by atoms with Gasteiger partial charge in [-0.2, -0.15) is 13.2 Å². The number of rotatable bonds is 2. The molecule has 19 heavy (non-hydrogen) atoms. The van der Waals surface area contributed by atoms with Gasteiger partial charge in [0.05, 0.1) is 0 Å². The van der Waals surface area contributed by atoms with Gasteiger partial charge in [0.1, 0.15) is 0 Å². The van der Waals surface area contributed by atoms with Crippen molar-refractivity contribution in [2.24, 2.45) is 0 Å². The molecule has 1 saturated heterocycles. The second-order valence-corrected chi connectivity index (χ2v) is 4.29. The fraction of sp³-hybridized carbons (Fsp3) is 0.917. The molecule has 0 aromatic carbocycles. The van der Waals surface area contributed by atoms with Crippen molar-refractivity contribution in [3.8, 4) is 0 Å². The van der Waals surface area contributed by atoms with Crippen molar-refractivity contribution in [2.75, 3.05) is 32.8 Å². The van der Waals surface area contributed by atoms with Crippen LogP contribution in [0, 0.1) is 0 Å². The third kappa shape index (κ3) is 7.25. The van der Waals surface area contributed by atoms with E-state index in [-0.39, 0.29) is 0 Å². The first-order chi connectivity index (χ1) is 8.79. The summed E-state index contributed by atoms with van der Waals surface area (Å²) in [5.41, 5.74) is 0. The van der Waals surface area contributed by atoms with Crippen LogP contribution in [0.25, 0.3) is 0 Å². The zero-order chi connectivity index (χ0) is 15.1. The molecule has 0 saturated carbocycles. The van der Waals surface area contributed by atoms with Crippen molar-refractivity contribution >= 4 is 6.09 Å². The van der Waals surface area contributed by atoms with Crippen molar-refractivity contribution < 1.29 is 22.7 Å². The Bertz CT molecular complexity index is 262. The first-order valence-electron chi connectivity index (χ1n) is 6.52. The van der Waals surface area contributed by atoms with Crippen molar-refractivity contribution in [2.45, 2.75) is 39.9 Å². The normalized spacial score (nSPS) is 16.9. The number of hydrogen-bond acceptors (Lipinski definition) is 3. The van der Waals surface area contributed by atoms with Crippen molar-refractivity contribution in [1.82, 2.24) is 9.80 Å². The van der Waals surface area contributed by atoms with Gasteiger partial charge in [0.2, 0.25) is 0 Å². The van der Waals surface area contributed by atoms with Gasteiger partial charge in [0.15, 0.2) is 6.61 Å². The predicted octanol–water partition coefficient (Wildman–Crippen LogP) is 2.74. The summed E-state index contributed by atoms with van der Waals surface area (Å²) in [6.45, 7) is 8.72. The number of alkyl halides is 3. The highest BCUT2D eigenvalue weighted by Gasteiger charge is 2.31. The number of piperazine rings is 1. The first kappa shape index (κ1) is 18.0. The Morgan fingerprint density at radius 1 is 1.16 bits per heavy atom. The van der Waals surface area contributed by atoms with E-state index in [0.717, 1.165) is 0 Å². The lowest BCUT2D eigenvalue weighted by atomic mass is 10.2. The third-order valence-corrected chi connectivity index (χ3v) is 2.66. The smallest absolute Gasteiger partial charge is 0.422 e. The quantitative estimate of drug-likeness (QED) is 0.781. The minimum absolute atomic E-state index is 0.378. The van der Waals surface area contributed by atoms with E-state index < -0.39 is 18.9 Å². The predicted molar refractivity (Wildman–Crippen MR) is 67.0 cm³/mol. The molecule has 0 spiro atoms. The van der Waals surface area contributed by atoms with E-state index in [1.54, 1.807) is 0 Å². The highest BCUT2D eigenvalue weighted by Crippen LogP contribution is 2.15. The molecule has 1 amide bonds. The summed E-state index contributed by atoms with van der Waals surface area (Å²) < 4.78 is 39.7. The van der Waals surface area contributed by atoms with Gasteiger partial charge in [-0.3, -0.25) is 4.90 Å². The van der Waals surface area contributed by atoms with E-state index in [0.29, 0.717) is 32.2 Å². The molecular weight excluding hydrogens is 261 g/mol. The van der Waals surface area contributed by atoms with Crippen molar-refractivity contribution in [3.05, 3.63) is 0 Å². The summed E-state index contributed by atoms with van der Waals surface area (Å²) in [6.07, 6.45) is -5.35. The third-order valence-electron chi connectivity index (χ3n) is 2.66. The number of ether oxygens (including phenoxy) is 1. The lowest BCUT2D eigenvalue weighted by Crippen LogP contribution is -2.51. The highest BCUT2D eigenvalue weighted by molar-refractivity contribution is 5.67. The van der Waals surface area contributed by atoms with Gasteiger partial charge in [0, 0.05) is 32.2 Å². The summed E-state index contributed by atoms with van der Waals surface area (Å²) in [7, 11) is 0. The number of hydrogen-bond donors (Lipinski definition) is 0. The van der Waals surface area contributed by atoms with Crippen LogP contribution >= 0.6 is 0 Å². The highest BCUT2D eigenvalue weighted by atomic mass is 19.4.